The van der Waals surface area contributed by atoms with Gasteiger partial charge in [-0.1, -0.05) is 25.5 Å². The van der Waals surface area contributed by atoms with Crippen LogP contribution in [0.1, 0.15) is 52.9 Å². The number of carbonyl (C=O) groups excluding carboxylic acids is 2. The molecule has 0 aromatic heterocycles. The maximum Gasteiger partial charge on any atom is 0.222 e. The summed E-state index contributed by atoms with van der Waals surface area (Å²) in [4.78, 5) is 24.7. The molecule has 4 atom stereocenters. The fraction of sp³-hybridized carbons (Fsp3) is 0.700. The first-order chi connectivity index (χ1) is 12.0. The molecule has 5 nitrogen and oxygen atoms in total. The Morgan fingerprint density at radius 2 is 2.12 bits per heavy atom. The van der Waals surface area contributed by atoms with Gasteiger partial charge in [0.25, 0.3) is 0 Å². The summed E-state index contributed by atoms with van der Waals surface area (Å²) in [6.07, 6.45) is 8.63. The second-order valence-corrected chi connectivity index (χ2v) is 7.41. The third kappa shape index (κ3) is 5.18. The molecule has 0 bridgehead atoms. The van der Waals surface area contributed by atoms with E-state index in [1.54, 1.807) is 0 Å². The molecule has 0 aromatic rings. The molecule has 2 rings (SSSR count). The van der Waals surface area contributed by atoms with E-state index in [2.05, 4.69) is 36.2 Å². The van der Waals surface area contributed by atoms with Crippen LogP contribution < -0.4 is 5.32 Å². The van der Waals surface area contributed by atoms with Crippen LogP contribution in [0, 0.1) is 17.8 Å². The molecule has 0 saturated carbocycles. The first-order valence-electron chi connectivity index (χ1n) is 9.54. The zero-order valence-corrected chi connectivity index (χ0v) is 15.7. The van der Waals surface area contributed by atoms with Crippen molar-refractivity contribution < 1.29 is 14.7 Å². The van der Waals surface area contributed by atoms with E-state index >= 15 is 0 Å². The monoisotopic (exact) mass is 348 g/mol. The average molecular weight is 348 g/mol. The Labute approximate surface area is 151 Å². The van der Waals surface area contributed by atoms with Crippen LogP contribution in [0.4, 0.5) is 0 Å². The molecule has 1 heterocycles. The summed E-state index contributed by atoms with van der Waals surface area (Å²) in [6, 6.07) is 0. The van der Waals surface area contributed by atoms with Gasteiger partial charge in [0.05, 0.1) is 0 Å². The number of carbonyl (C=O) groups is 2. The number of aldehydes is 1. The van der Waals surface area contributed by atoms with Crippen LogP contribution in [0.25, 0.3) is 0 Å². The second kappa shape index (κ2) is 9.18. The summed E-state index contributed by atoms with van der Waals surface area (Å²) in [5, 5.41) is 12.9. The van der Waals surface area contributed by atoms with Gasteiger partial charge in [0.2, 0.25) is 5.91 Å². The third-order valence-corrected chi connectivity index (χ3v) is 5.52. The Morgan fingerprint density at radius 1 is 1.36 bits per heavy atom. The summed E-state index contributed by atoms with van der Waals surface area (Å²) in [5.41, 5.74) is 2.54. The Balaban J connectivity index is 2.11. The fourth-order valence-electron chi connectivity index (χ4n) is 3.76. The molecule has 3 unspecified atom stereocenters. The molecule has 0 spiro atoms. The van der Waals surface area contributed by atoms with E-state index in [1.165, 1.54) is 11.3 Å². The molecule has 2 N–H and O–H groups in total. The van der Waals surface area contributed by atoms with Crippen LogP contribution in [0.5, 0.6) is 0 Å². The van der Waals surface area contributed by atoms with Crippen molar-refractivity contribution in [3.8, 4) is 0 Å². The molecule has 25 heavy (non-hydrogen) atoms. The van der Waals surface area contributed by atoms with E-state index in [0.717, 1.165) is 38.6 Å². The van der Waals surface area contributed by atoms with Gasteiger partial charge >= 0.3 is 0 Å². The first-order valence-corrected chi connectivity index (χ1v) is 9.54. The number of allylic oxidation sites excluding steroid dienone is 3. The number of hydrogen-bond donors (Lipinski definition) is 2. The van der Waals surface area contributed by atoms with Crippen molar-refractivity contribution in [1.29, 1.82) is 0 Å². The summed E-state index contributed by atoms with van der Waals surface area (Å²) >= 11 is 0. The molecular formula is C20H32N2O3. The smallest absolute Gasteiger partial charge is 0.222 e. The van der Waals surface area contributed by atoms with Gasteiger partial charge in [-0.3, -0.25) is 4.79 Å². The van der Waals surface area contributed by atoms with E-state index in [0.29, 0.717) is 18.8 Å². The van der Waals surface area contributed by atoms with Gasteiger partial charge in [0.1, 0.15) is 12.5 Å². The third-order valence-electron chi connectivity index (χ3n) is 5.52. The van der Waals surface area contributed by atoms with Crippen LogP contribution in [-0.4, -0.2) is 41.5 Å². The van der Waals surface area contributed by atoms with Gasteiger partial charge in [-0.25, -0.2) is 0 Å². The van der Waals surface area contributed by atoms with Gasteiger partial charge in [-0.2, -0.15) is 0 Å². The highest BCUT2D eigenvalue weighted by Crippen LogP contribution is 2.33. The normalized spacial score (nSPS) is 28.3. The molecule has 1 aliphatic heterocycles. The highest BCUT2D eigenvalue weighted by atomic mass is 16.3. The van der Waals surface area contributed by atoms with E-state index in [-0.39, 0.29) is 17.7 Å². The molecule has 0 radical (unpaired) electrons. The van der Waals surface area contributed by atoms with E-state index in [1.807, 2.05) is 6.92 Å². The Morgan fingerprint density at radius 3 is 2.76 bits per heavy atom. The standard InChI is InChI=1S/C20H32N2O3/c1-4-22(12-11-14(2)13-23)18-9-7-16(6-5-15(18)3)17-8-10-19(24)21-20(17)25/h7,9,13-15,17,20,25H,4-6,8,10-12H2,1-3H3,(H,21,24)/t14?,15-,17?,20?/m0/s1. The number of hydrogen-bond acceptors (Lipinski definition) is 4. The van der Waals surface area contributed by atoms with Crippen molar-refractivity contribution in [2.45, 2.75) is 59.1 Å². The van der Waals surface area contributed by atoms with Crippen molar-refractivity contribution >= 4 is 12.2 Å². The highest BCUT2D eigenvalue weighted by Gasteiger charge is 2.30. The minimum atomic E-state index is -0.770. The predicted molar refractivity (Wildman–Crippen MR) is 98.5 cm³/mol. The van der Waals surface area contributed by atoms with Gasteiger partial charge in [0, 0.05) is 37.0 Å². The van der Waals surface area contributed by atoms with Gasteiger partial charge in [-0.15, -0.1) is 0 Å². The van der Waals surface area contributed by atoms with Crippen molar-refractivity contribution in [2.75, 3.05) is 13.1 Å². The lowest BCUT2D eigenvalue weighted by molar-refractivity contribution is -0.128. The molecular weight excluding hydrogens is 316 g/mol. The van der Waals surface area contributed by atoms with Crippen molar-refractivity contribution in [1.82, 2.24) is 10.2 Å². The molecule has 0 aromatic carbocycles. The zero-order chi connectivity index (χ0) is 18.4. The van der Waals surface area contributed by atoms with Crippen LogP contribution in [0.3, 0.4) is 0 Å². The van der Waals surface area contributed by atoms with Crippen molar-refractivity contribution in [3.63, 3.8) is 0 Å². The van der Waals surface area contributed by atoms with Gasteiger partial charge in [-0.05, 0) is 44.6 Å². The molecule has 2 aliphatic rings. The summed E-state index contributed by atoms with van der Waals surface area (Å²) in [7, 11) is 0. The number of piperidine rings is 1. The summed E-state index contributed by atoms with van der Waals surface area (Å²) < 4.78 is 0. The molecule has 1 saturated heterocycles. The minimum absolute atomic E-state index is 0.0191. The summed E-state index contributed by atoms with van der Waals surface area (Å²) in [5.74, 6) is 0.480. The van der Waals surface area contributed by atoms with Crippen LogP contribution >= 0.6 is 0 Å². The quantitative estimate of drug-likeness (QED) is 0.694. The van der Waals surface area contributed by atoms with Crippen molar-refractivity contribution in [2.24, 2.45) is 17.8 Å². The van der Waals surface area contributed by atoms with Gasteiger partial charge in [0.15, 0.2) is 0 Å². The lowest BCUT2D eigenvalue weighted by Gasteiger charge is -2.31. The maximum atomic E-state index is 11.4. The Hall–Kier alpha value is -1.62. The number of rotatable bonds is 7. The second-order valence-electron chi connectivity index (χ2n) is 7.41. The summed E-state index contributed by atoms with van der Waals surface area (Å²) in [6.45, 7) is 8.16. The molecule has 1 amide bonds. The molecule has 1 fully saturated rings. The Bertz CT molecular complexity index is 541. The van der Waals surface area contributed by atoms with Crippen LogP contribution in [0.2, 0.25) is 0 Å². The van der Waals surface area contributed by atoms with Crippen LogP contribution in [-0.2, 0) is 9.59 Å². The van der Waals surface area contributed by atoms with Crippen molar-refractivity contribution in [3.05, 3.63) is 23.4 Å². The number of amides is 1. The number of aliphatic hydroxyl groups is 1. The van der Waals surface area contributed by atoms with Crippen LogP contribution in [0.15, 0.2) is 23.4 Å². The first kappa shape index (κ1) is 19.7. The molecule has 5 heteroatoms. The average Bonchev–Trinajstić information content (AvgIpc) is 2.78. The fourth-order valence-corrected chi connectivity index (χ4v) is 3.76. The lowest BCUT2D eigenvalue weighted by Crippen LogP contribution is -2.45. The number of nitrogens with one attached hydrogen (secondary N) is 1. The largest absolute Gasteiger partial charge is 0.375 e. The van der Waals surface area contributed by atoms with E-state index in [4.69, 9.17) is 0 Å². The number of nitrogens with zero attached hydrogens (tertiary/aromatic N) is 1. The molecule has 140 valence electrons. The zero-order valence-electron chi connectivity index (χ0n) is 15.7. The maximum absolute atomic E-state index is 11.4. The van der Waals surface area contributed by atoms with E-state index in [9.17, 15) is 14.7 Å². The number of aliphatic hydroxyl groups excluding tert-OH is 1. The lowest BCUT2D eigenvalue weighted by atomic mass is 9.86. The SMILES string of the molecule is CCN(CCC(C)C=O)C1=CC=C(C2CCC(=O)NC2O)CC[C@@H]1C. The van der Waals surface area contributed by atoms with Gasteiger partial charge < -0.3 is 20.1 Å². The minimum Gasteiger partial charge on any atom is -0.375 e. The highest BCUT2D eigenvalue weighted by molar-refractivity contribution is 5.77. The predicted octanol–water partition coefficient (Wildman–Crippen LogP) is 2.62. The Kier molecular flexibility index (Phi) is 7.24. The molecule has 1 aliphatic carbocycles. The van der Waals surface area contributed by atoms with E-state index < -0.39 is 6.23 Å². The topological polar surface area (TPSA) is 69.6 Å².